The molecule has 0 spiro atoms. The number of carbonyl (C=O) groups excluding carboxylic acids is 3. The van der Waals surface area contributed by atoms with Gasteiger partial charge in [0.05, 0.1) is 5.57 Å². The summed E-state index contributed by atoms with van der Waals surface area (Å²) in [5.41, 5.74) is 2.33. The quantitative estimate of drug-likeness (QED) is 0.150. The third kappa shape index (κ3) is 4.34. The average Bonchev–Trinajstić information content (AvgIpc) is 3.53. The Kier molecular flexibility index (Phi) is 6.48. The molecule has 1 aliphatic rings. The van der Waals surface area contributed by atoms with Crippen LogP contribution in [-0.2, 0) is 32.8 Å². The molecule has 0 saturated carbocycles. The van der Waals surface area contributed by atoms with E-state index < -0.39 is 34.3 Å². The monoisotopic (exact) mass is 522 g/mol. The number of ketones is 3. The van der Waals surface area contributed by atoms with Crippen molar-refractivity contribution in [1.29, 1.82) is 0 Å². The Bertz CT molecular complexity index is 1770. The molecule has 1 aliphatic carbocycles. The van der Waals surface area contributed by atoms with Crippen molar-refractivity contribution in [2.24, 2.45) is 0 Å². The van der Waals surface area contributed by atoms with Gasteiger partial charge in [0.1, 0.15) is 0 Å². The molecule has 0 bridgehead atoms. The fraction of sp³-hybridized carbons (Fsp3) is 0.219. The Morgan fingerprint density at radius 2 is 1.33 bits per heavy atom. The second-order valence-corrected chi connectivity index (χ2v) is 10.6. The second kappa shape index (κ2) is 9.67. The Balaban J connectivity index is 1.62. The number of hydrogen-bond donors (Lipinski definition) is 4. The predicted octanol–water partition coefficient (Wildman–Crippen LogP) is 5.54. The number of rotatable bonds is 6. The predicted molar refractivity (Wildman–Crippen MR) is 151 cm³/mol. The van der Waals surface area contributed by atoms with Gasteiger partial charge in [-0.2, -0.15) is 0 Å². The number of aliphatic hydroxyl groups excluding tert-OH is 1. The number of aromatic amines is 2. The van der Waals surface area contributed by atoms with Crippen LogP contribution in [0.3, 0.4) is 0 Å². The lowest BCUT2D eigenvalue weighted by molar-refractivity contribution is -0.156. The summed E-state index contributed by atoms with van der Waals surface area (Å²) in [6.45, 7) is 7.97. The largest absolute Gasteiger partial charge is 0.504 e. The number of Topliss-reactive ketones (excluding diaryl/α,β-unsaturated/α-hetero) is 3. The number of carbonyl (C=O) groups is 3. The molecule has 0 unspecified atom stereocenters. The van der Waals surface area contributed by atoms with Crippen LogP contribution in [-0.4, -0.2) is 37.5 Å². The zero-order chi connectivity index (χ0) is 28.1. The summed E-state index contributed by atoms with van der Waals surface area (Å²) in [5, 5.41) is 23.6. The van der Waals surface area contributed by atoms with Crippen LogP contribution in [0.2, 0.25) is 0 Å². The van der Waals surface area contributed by atoms with E-state index in [9.17, 15) is 24.6 Å². The number of benzene rings is 2. The number of hydrogen-bond acceptors (Lipinski definition) is 5. The number of fused-ring (bicyclic) bond motifs is 2. The molecule has 0 aliphatic heterocycles. The lowest BCUT2D eigenvalue weighted by atomic mass is 9.75. The van der Waals surface area contributed by atoms with Crippen molar-refractivity contribution in [2.75, 3.05) is 0 Å². The average molecular weight is 523 g/mol. The van der Waals surface area contributed by atoms with Gasteiger partial charge < -0.3 is 20.2 Å². The first-order valence-corrected chi connectivity index (χ1v) is 12.8. The van der Waals surface area contributed by atoms with Crippen LogP contribution in [0, 0.1) is 0 Å². The molecular formula is C32H30N2O5. The van der Waals surface area contributed by atoms with Gasteiger partial charge in [-0.1, -0.05) is 35.4 Å². The van der Waals surface area contributed by atoms with Gasteiger partial charge in [0.25, 0.3) is 0 Å². The topological polar surface area (TPSA) is 123 Å². The van der Waals surface area contributed by atoms with Crippen molar-refractivity contribution in [1.82, 2.24) is 9.97 Å². The minimum absolute atomic E-state index is 0.0616. The highest BCUT2D eigenvalue weighted by molar-refractivity contribution is 6.63. The van der Waals surface area contributed by atoms with Crippen LogP contribution in [0.15, 0.2) is 77.8 Å². The minimum Gasteiger partial charge on any atom is -0.504 e. The molecule has 198 valence electrons. The summed E-state index contributed by atoms with van der Waals surface area (Å²) < 4.78 is 0. The number of aromatic nitrogens is 2. The number of H-pyrrole nitrogens is 2. The van der Waals surface area contributed by atoms with Crippen molar-refractivity contribution in [3.63, 3.8) is 0 Å². The molecule has 7 heteroatoms. The van der Waals surface area contributed by atoms with Crippen LogP contribution >= 0.6 is 0 Å². The molecule has 4 aromatic rings. The van der Waals surface area contributed by atoms with Crippen molar-refractivity contribution >= 4 is 44.7 Å². The van der Waals surface area contributed by atoms with Gasteiger partial charge in [-0.05, 0) is 75.9 Å². The van der Waals surface area contributed by atoms with Crippen molar-refractivity contribution in [3.05, 3.63) is 100 Å². The summed E-state index contributed by atoms with van der Waals surface area (Å²) in [4.78, 5) is 46.6. The van der Waals surface area contributed by atoms with Gasteiger partial charge >= 0.3 is 0 Å². The maximum Gasteiger partial charge on any atom is 0.247 e. The normalized spacial score (nSPS) is 17.8. The Labute approximate surface area is 225 Å². The zero-order valence-corrected chi connectivity index (χ0v) is 22.3. The maximum absolute atomic E-state index is 13.6. The molecule has 0 amide bonds. The van der Waals surface area contributed by atoms with E-state index in [0.717, 1.165) is 22.3 Å². The SMILES string of the molecule is CC(C)=CCc1ccc2[nH]cc(C3=C(O)C(=O)[C@@](O)(c4c[nH]c5ccc(CC=C(C)C)cc45)C(=O)C3=O)c2c1. The fourth-order valence-corrected chi connectivity index (χ4v) is 5.01. The first kappa shape index (κ1) is 26.1. The Hall–Kier alpha value is -4.49. The molecule has 0 saturated heterocycles. The number of aliphatic hydroxyl groups is 2. The molecule has 0 radical (unpaired) electrons. The van der Waals surface area contributed by atoms with E-state index >= 15 is 0 Å². The van der Waals surface area contributed by atoms with Crippen LogP contribution < -0.4 is 0 Å². The van der Waals surface area contributed by atoms with E-state index in [-0.39, 0.29) is 11.1 Å². The van der Waals surface area contributed by atoms with E-state index in [1.54, 1.807) is 12.1 Å². The highest BCUT2D eigenvalue weighted by Gasteiger charge is 2.56. The van der Waals surface area contributed by atoms with Gasteiger partial charge in [-0.15, -0.1) is 0 Å². The molecule has 39 heavy (non-hydrogen) atoms. The van der Waals surface area contributed by atoms with Crippen LogP contribution in [0.5, 0.6) is 0 Å². The van der Waals surface area contributed by atoms with Gasteiger partial charge in [-0.3, -0.25) is 14.4 Å². The minimum atomic E-state index is -2.85. The summed E-state index contributed by atoms with van der Waals surface area (Å²) in [6, 6.07) is 11.1. The zero-order valence-electron chi connectivity index (χ0n) is 22.3. The Morgan fingerprint density at radius 3 is 1.92 bits per heavy atom. The van der Waals surface area contributed by atoms with Crippen molar-refractivity contribution in [2.45, 2.75) is 46.1 Å². The highest BCUT2D eigenvalue weighted by Crippen LogP contribution is 2.40. The summed E-state index contributed by atoms with van der Waals surface area (Å²) in [7, 11) is 0. The van der Waals surface area contributed by atoms with Gasteiger partial charge in [0.2, 0.25) is 23.0 Å². The first-order chi connectivity index (χ1) is 18.5. The third-order valence-corrected chi connectivity index (χ3v) is 7.19. The highest BCUT2D eigenvalue weighted by atomic mass is 16.3. The van der Waals surface area contributed by atoms with Gasteiger partial charge in [0, 0.05) is 45.3 Å². The summed E-state index contributed by atoms with van der Waals surface area (Å²) in [5.74, 6) is -4.59. The molecule has 2 aromatic carbocycles. The van der Waals surface area contributed by atoms with Gasteiger partial charge in [0.15, 0.2) is 5.76 Å². The summed E-state index contributed by atoms with van der Waals surface area (Å²) in [6.07, 6.45) is 8.22. The fourth-order valence-electron chi connectivity index (χ4n) is 5.01. The molecule has 5 rings (SSSR count). The summed E-state index contributed by atoms with van der Waals surface area (Å²) >= 11 is 0. The van der Waals surface area contributed by atoms with E-state index in [1.165, 1.54) is 12.4 Å². The maximum atomic E-state index is 13.6. The molecule has 4 N–H and O–H groups in total. The lowest BCUT2D eigenvalue weighted by Gasteiger charge is -2.28. The molecule has 2 aromatic heterocycles. The van der Waals surface area contributed by atoms with Crippen LogP contribution in [0.4, 0.5) is 0 Å². The lowest BCUT2D eigenvalue weighted by Crippen LogP contribution is -2.51. The van der Waals surface area contributed by atoms with Crippen LogP contribution in [0.1, 0.15) is 49.9 Å². The molecule has 1 atom stereocenters. The van der Waals surface area contributed by atoms with E-state index in [0.29, 0.717) is 34.6 Å². The molecule has 0 fully saturated rings. The number of allylic oxidation sites excluding steroid dienone is 5. The molecule has 7 nitrogen and oxygen atoms in total. The molecule has 2 heterocycles. The standard InChI is InChI=1S/C32H30N2O5/c1-17(2)5-7-19-9-11-25-21(13-19)23(15-33-25)27-28(35)30(37)32(39,31(38)29(27)36)24-16-34-26-12-10-20(14-22(24)26)8-6-18(3)4/h5-6,9-16,33-35,39H,7-8H2,1-4H3/t32-/m0/s1. The van der Waals surface area contributed by atoms with E-state index in [4.69, 9.17) is 0 Å². The Morgan fingerprint density at radius 1 is 0.795 bits per heavy atom. The second-order valence-electron chi connectivity index (χ2n) is 10.6. The third-order valence-electron chi connectivity index (χ3n) is 7.19. The van der Waals surface area contributed by atoms with Crippen molar-refractivity contribution < 1.29 is 24.6 Å². The van der Waals surface area contributed by atoms with Crippen LogP contribution in [0.25, 0.3) is 27.4 Å². The molecular weight excluding hydrogens is 492 g/mol. The van der Waals surface area contributed by atoms with E-state index in [1.807, 2.05) is 58.0 Å². The van der Waals surface area contributed by atoms with Gasteiger partial charge in [-0.25, -0.2) is 0 Å². The number of nitrogens with one attached hydrogen (secondary N) is 2. The van der Waals surface area contributed by atoms with Crippen molar-refractivity contribution in [3.8, 4) is 0 Å². The van der Waals surface area contributed by atoms with E-state index in [2.05, 4.69) is 16.0 Å². The first-order valence-electron chi connectivity index (χ1n) is 12.8. The smallest absolute Gasteiger partial charge is 0.247 e.